The number of fused-ring (bicyclic) bond motifs is 1. The van der Waals surface area contributed by atoms with Crippen LogP contribution in [0.4, 0.5) is 0 Å². The summed E-state index contributed by atoms with van der Waals surface area (Å²) in [4.78, 5) is 19.3. The van der Waals surface area contributed by atoms with Gasteiger partial charge < -0.3 is 10.3 Å². The third-order valence-electron chi connectivity index (χ3n) is 2.56. The molecule has 1 amide bonds. The molecule has 0 atom stereocenters. The molecule has 2 aromatic rings. The van der Waals surface area contributed by atoms with Gasteiger partial charge in [-0.15, -0.1) is 11.6 Å². The molecular weight excluding hydrogens is 275 g/mol. The first-order chi connectivity index (χ1) is 8.61. The van der Waals surface area contributed by atoms with E-state index in [0.717, 1.165) is 5.65 Å². The van der Waals surface area contributed by atoms with Crippen molar-refractivity contribution in [1.29, 1.82) is 0 Å². The number of hydrogen-bond acceptors (Lipinski definition) is 3. The first kappa shape index (κ1) is 13.1. The molecule has 0 bridgehead atoms. The van der Waals surface area contributed by atoms with Crippen LogP contribution in [0.3, 0.4) is 0 Å². The maximum Gasteiger partial charge on any atom is 0.217 e. The number of alkyl halides is 1. The Labute approximate surface area is 114 Å². The first-order valence-corrected chi connectivity index (χ1v) is 6.38. The molecular formula is C11H12Cl2N4O. The Morgan fingerprint density at radius 3 is 2.94 bits per heavy atom. The molecule has 0 aromatic carbocycles. The zero-order valence-electron chi connectivity index (χ0n) is 9.57. The summed E-state index contributed by atoms with van der Waals surface area (Å²) in [5.41, 5.74) is 6.54. The molecule has 2 aromatic heterocycles. The number of aryl methyl sites for hydroxylation is 1. The van der Waals surface area contributed by atoms with Gasteiger partial charge in [-0.2, -0.15) is 0 Å². The molecule has 96 valence electrons. The Morgan fingerprint density at radius 1 is 1.50 bits per heavy atom. The second kappa shape index (κ2) is 5.54. The van der Waals surface area contributed by atoms with Crippen molar-refractivity contribution >= 4 is 40.3 Å². The van der Waals surface area contributed by atoms with Crippen LogP contribution in [0.25, 0.3) is 11.2 Å². The maximum absolute atomic E-state index is 10.7. The van der Waals surface area contributed by atoms with Gasteiger partial charge in [0.2, 0.25) is 5.91 Å². The monoisotopic (exact) mass is 286 g/mol. The molecule has 2 rings (SSSR count). The summed E-state index contributed by atoms with van der Waals surface area (Å²) in [5.74, 6) is 0.679. The van der Waals surface area contributed by atoms with Crippen molar-refractivity contribution in [2.45, 2.75) is 25.3 Å². The van der Waals surface area contributed by atoms with Crippen LogP contribution in [0.1, 0.15) is 18.7 Å². The van der Waals surface area contributed by atoms with Crippen LogP contribution in [0.15, 0.2) is 12.3 Å². The number of carbonyl (C=O) groups is 1. The number of halogens is 2. The zero-order chi connectivity index (χ0) is 13.1. The van der Waals surface area contributed by atoms with Gasteiger partial charge in [-0.25, -0.2) is 9.97 Å². The number of aromatic nitrogens is 3. The van der Waals surface area contributed by atoms with E-state index in [1.54, 1.807) is 12.3 Å². The fourth-order valence-corrected chi connectivity index (χ4v) is 2.14. The molecule has 0 aliphatic rings. The number of rotatable bonds is 5. The summed E-state index contributed by atoms with van der Waals surface area (Å²) in [6.07, 6.45) is 2.53. The minimum Gasteiger partial charge on any atom is -0.370 e. The van der Waals surface area contributed by atoms with Gasteiger partial charge >= 0.3 is 0 Å². The van der Waals surface area contributed by atoms with Gasteiger partial charge in [0, 0.05) is 19.2 Å². The van der Waals surface area contributed by atoms with Crippen LogP contribution < -0.4 is 5.73 Å². The SMILES string of the molecule is NC(=O)CCCn1c(CCl)nc2cc(Cl)cnc21. The van der Waals surface area contributed by atoms with Gasteiger partial charge in [0.1, 0.15) is 11.3 Å². The highest BCUT2D eigenvalue weighted by atomic mass is 35.5. The van der Waals surface area contributed by atoms with Crippen molar-refractivity contribution < 1.29 is 4.79 Å². The lowest BCUT2D eigenvalue weighted by molar-refractivity contribution is -0.118. The summed E-state index contributed by atoms with van der Waals surface area (Å²) in [5, 5.41) is 0.533. The Balaban J connectivity index is 2.31. The number of primary amides is 1. The number of amides is 1. The van der Waals surface area contributed by atoms with Crippen LogP contribution in [-0.4, -0.2) is 20.4 Å². The molecule has 0 unspecified atom stereocenters. The molecule has 5 nitrogen and oxygen atoms in total. The Bertz CT molecular complexity index is 582. The molecule has 2 N–H and O–H groups in total. The van der Waals surface area contributed by atoms with Crippen molar-refractivity contribution in [1.82, 2.24) is 14.5 Å². The van der Waals surface area contributed by atoms with E-state index in [4.69, 9.17) is 28.9 Å². The number of carbonyl (C=O) groups excluding carboxylic acids is 1. The van der Waals surface area contributed by atoms with Gasteiger partial charge in [-0.1, -0.05) is 11.6 Å². The second-order valence-corrected chi connectivity index (χ2v) is 4.58. The average molecular weight is 287 g/mol. The molecule has 18 heavy (non-hydrogen) atoms. The lowest BCUT2D eigenvalue weighted by Crippen LogP contribution is -2.12. The summed E-state index contributed by atoms with van der Waals surface area (Å²) in [6.45, 7) is 0.607. The predicted octanol–water partition coefficient (Wildman–Crippen LogP) is 2.09. The number of pyridine rings is 1. The van der Waals surface area contributed by atoms with Gasteiger partial charge in [-0.05, 0) is 12.5 Å². The first-order valence-electron chi connectivity index (χ1n) is 5.46. The van der Waals surface area contributed by atoms with E-state index >= 15 is 0 Å². The minimum atomic E-state index is -0.317. The number of imidazole rings is 1. The standard InChI is InChI=1S/C11H12Cl2N4O/c12-5-10-16-8-4-7(13)6-15-11(8)17(10)3-1-2-9(14)18/h4,6H,1-3,5H2,(H2,14,18). The van der Waals surface area contributed by atoms with E-state index in [0.29, 0.717) is 35.8 Å². The van der Waals surface area contributed by atoms with Crippen LogP contribution in [0.5, 0.6) is 0 Å². The highest BCUT2D eigenvalue weighted by molar-refractivity contribution is 6.31. The quantitative estimate of drug-likeness (QED) is 0.856. The van der Waals surface area contributed by atoms with Crippen molar-refractivity contribution in [2.75, 3.05) is 0 Å². The smallest absolute Gasteiger partial charge is 0.217 e. The van der Waals surface area contributed by atoms with Crippen LogP contribution >= 0.6 is 23.2 Å². The van der Waals surface area contributed by atoms with E-state index < -0.39 is 0 Å². The molecule has 0 saturated heterocycles. The lowest BCUT2D eigenvalue weighted by Gasteiger charge is -2.05. The van der Waals surface area contributed by atoms with Crippen LogP contribution in [0, 0.1) is 0 Å². The molecule has 0 radical (unpaired) electrons. The number of nitrogens with two attached hydrogens (primary N) is 1. The Hall–Kier alpha value is -1.33. The van der Waals surface area contributed by atoms with Crippen molar-refractivity contribution in [2.24, 2.45) is 5.73 Å². The summed E-state index contributed by atoms with van der Waals surface area (Å²) < 4.78 is 1.89. The number of hydrogen-bond donors (Lipinski definition) is 1. The molecule has 0 saturated carbocycles. The van der Waals surface area contributed by atoms with Gasteiger partial charge in [0.15, 0.2) is 5.65 Å². The van der Waals surface area contributed by atoms with Crippen LogP contribution in [0.2, 0.25) is 5.02 Å². The molecule has 0 spiro atoms. The van der Waals surface area contributed by atoms with Gasteiger partial charge in [-0.3, -0.25) is 4.79 Å². The van der Waals surface area contributed by atoms with Crippen LogP contribution in [-0.2, 0) is 17.2 Å². The summed E-state index contributed by atoms with van der Waals surface area (Å²) in [7, 11) is 0. The fraction of sp³-hybridized carbons (Fsp3) is 0.364. The maximum atomic E-state index is 10.7. The molecule has 2 heterocycles. The van der Waals surface area contributed by atoms with E-state index in [1.807, 2.05) is 4.57 Å². The molecule has 0 aliphatic heterocycles. The normalized spacial score (nSPS) is 11.0. The minimum absolute atomic E-state index is 0.282. The van der Waals surface area contributed by atoms with Crippen molar-refractivity contribution in [3.05, 3.63) is 23.1 Å². The highest BCUT2D eigenvalue weighted by Crippen LogP contribution is 2.19. The van der Waals surface area contributed by atoms with Gasteiger partial charge in [0.05, 0.1) is 10.9 Å². The summed E-state index contributed by atoms with van der Waals surface area (Å²) in [6, 6.07) is 1.74. The highest BCUT2D eigenvalue weighted by Gasteiger charge is 2.11. The largest absolute Gasteiger partial charge is 0.370 e. The van der Waals surface area contributed by atoms with E-state index in [1.165, 1.54) is 0 Å². The average Bonchev–Trinajstić information content (AvgIpc) is 2.66. The second-order valence-electron chi connectivity index (χ2n) is 3.88. The molecule has 0 aliphatic carbocycles. The van der Waals surface area contributed by atoms with E-state index in [9.17, 15) is 4.79 Å². The lowest BCUT2D eigenvalue weighted by atomic mass is 10.3. The Morgan fingerprint density at radius 2 is 2.28 bits per heavy atom. The fourth-order valence-electron chi connectivity index (χ4n) is 1.78. The molecule has 7 heteroatoms. The van der Waals surface area contributed by atoms with Crippen molar-refractivity contribution in [3.8, 4) is 0 Å². The van der Waals surface area contributed by atoms with E-state index in [-0.39, 0.29) is 11.8 Å². The zero-order valence-corrected chi connectivity index (χ0v) is 11.1. The summed E-state index contributed by atoms with van der Waals surface area (Å²) >= 11 is 11.7. The third kappa shape index (κ3) is 2.73. The van der Waals surface area contributed by atoms with E-state index in [2.05, 4.69) is 9.97 Å². The van der Waals surface area contributed by atoms with Gasteiger partial charge in [0.25, 0.3) is 0 Å². The molecule has 0 fully saturated rings. The topological polar surface area (TPSA) is 73.8 Å². The number of nitrogens with zero attached hydrogens (tertiary/aromatic N) is 3. The third-order valence-corrected chi connectivity index (χ3v) is 3.00. The Kier molecular flexibility index (Phi) is 4.04. The predicted molar refractivity (Wildman–Crippen MR) is 70.5 cm³/mol. The van der Waals surface area contributed by atoms with Crippen molar-refractivity contribution in [3.63, 3.8) is 0 Å².